The van der Waals surface area contributed by atoms with Gasteiger partial charge in [0.1, 0.15) is 10.9 Å². The van der Waals surface area contributed by atoms with Crippen molar-refractivity contribution in [3.63, 3.8) is 0 Å². The molecule has 35 heteroatoms. The number of halogens is 4. The number of methoxy groups -OCH3 is 6. The summed E-state index contributed by atoms with van der Waals surface area (Å²) in [6.07, 6.45) is 13.2. The molecule has 0 bridgehead atoms. The lowest BCUT2D eigenvalue weighted by atomic mass is 9.82. The maximum atomic E-state index is 12.6. The van der Waals surface area contributed by atoms with Gasteiger partial charge in [-0.15, -0.1) is 0 Å². The van der Waals surface area contributed by atoms with Crippen LogP contribution in [0, 0.1) is 6.92 Å². The number of alkyl halides is 1. The summed E-state index contributed by atoms with van der Waals surface area (Å²) < 4.78 is 56.5. The second-order valence-corrected chi connectivity index (χ2v) is 31.1. The average molecular weight is 1840 g/mol. The number of rotatable bonds is 17. The number of H-pyrrole nitrogens is 1. The summed E-state index contributed by atoms with van der Waals surface area (Å²) in [7, 11) is 4.40. The molecule has 0 saturated heterocycles. The van der Waals surface area contributed by atoms with Crippen molar-refractivity contribution in [2.24, 2.45) is 0 Å². The molecule has 10 aromatic heterocycles. The number of nitrogens with one attached hydrogen (secondary N) is 1. The number of hydrogen-bond acceptors (Lipinski definition) is 27. The Labute approximate surface area is 745 Å². The van der Waals surface area contributed by atoms with Gasteiger partial charge in [0.2, 0.25) is 48.8 Å². The van der Waals surface area contributed by atoms with E-state index in [1.54, 1.807) is 109 Å². The topological polar surface area (TPSA) is 352 Å². The van der Waals surface area contributed by atoms with Crippen molar-refractivity contribution in [3.8, 4) is 79.9 Å². The molecule has 0 unspecified atom stereocenters. The predicted molar refractivity (Wildman–Crippen MR) is 494 cm³/mol. The summed E-state index contributed by atoms with van der Waals surface area (Å²) in [6, 6.07) is 66.8. The first-order valence-electron chi connectivity index (χ1n) is 37.2. The molecule has 0 radical (unpaired) electrons. The predicted octanol–water partition coefficient (Wildman–Crippen LogP) is 17.0. The normalized spacial score (nSPS) is 10.7. The third-order valence-corrected chi connectivity index (χ3v) is 21.2. The highest BCUT2D eigenvalue weighted by atomic mass is 79.9. The van der Waals surface area contributed by atoms with E-state index in [0.29, 0.717) is 61.9 Å². The first kappa shape index (κ1) is 92.1. The molecule has 0 saturated carbocycles. The Balaban J connectivity index is 0.000000145. The first-order chi connectivity index (χ1) is 59.9. The average Bonchev–Trinajstić information content (AvgIpc) is 0.729. The van der Waals surface area contributed by atoms with Gasteiger partial charge in [0.25, 0.3) is 5.56 Å². The van der Waals surface area contributed by atoms with Gasteiger partial charge >= 0.3 is 7.12 Å². The van der Waals surface area contributed by atoms with E-state index in [1.807, 2.05) is 159 Å². The molecule has 0 aliphatic rings. The first-order valence-corrected chi connectivity index (χ1v) is 43.8. The van der Waals surface area contributed by atoms with E-state index in [2.05, 4.69) is 97.8 Å². The van der Waals surface area contributed by atoms with Crippen molar-refractivity contribution in [2.75, 3.05) is 61.4 Å². The molecule has 124 heavy (non-hydrogen) atoms. The van der Waals surface area contributed by atoms with Gasteiger partial charge in [-0.2, -0.15) is 0 Å². The number of para-hydroxylation sites is 5. The molecule has 0 atom stereocenters. The highest BCUT2D eigenvalue weighted by Gasteiger charge is 2.20. The van der Waals surface area contributed by atoms with E-state index in [4.69, 9.17) is 73.3 Å². The Bertz CT molecular complexity index is 6790. The SMILES string of the molecule is COc1cc(CBr)ccc1C.COc1ccc(-c2nc(Cl)nc3ccccc23)cn1.COc1ccc(-c2nc(SC)nc3ccccc23)cn1.COc1ccc(B(O)O)cn1.COc1ccc(Cn2cc(-c3nc(S(C)(=O)=O)nc4ccccc34)ccc2=O)cc1OC.CSc1nc(-c2ccc(=O)[nH]c2)c2ccccc2n1.Clc1nc(Cl)c2ccccc2n1. The van der Waals surface area contributed by atoms with Crippen molar-refractivity contribution in [1.29, 1.82) is 0 Å². The van der Waals surface area contributed by atoms with E-state index in [1.165, 1.54) is 70.7 Å². The molecule has 630 valence electrons. The zero-order valence-electron chi connectivity index (χ0n) is 68.1. The van der Waals surface area contributed by atoms with Crippen LogP contribution in [0.2, 0.25) is 15.7 Å². The lowest BCUT2D eigenvalue weighted by Gasteiger charge is -2.13. The Morgan fingerprint density at radius 2 is 0.879 bits per heavy atom. The van der Waals surface area contributed by atoms with Gasteiger partial charge in [-0.25, -0.2) is 73.2 Å². The van der Waals surface area contributed by atoms with Crippen LogP contribution in [0.3, 0.4) is 0 Å². The number of aromatic amines is 1. The monoisotopic (exact) mass is 1840 g/mol. The number of aryl methyl sites for hydroxylation is 1. The molecule has 17 rings (SSSR count). The van der Waals surface area contributed by atoms with Crippen molar-refractivity contribution in [3.05, 3.63) is 302 Å². The molecule has 0 aliphatic carbocycles. The lowest BCUT2D eigenvalue weighted by molar-refractivity contribution is 0.354. The molecular formula is C89H78BBrCl3N15O12S3. The van der Waals surface area contributed by atoms with Gasteiger partial charge in [-0.1, -0.05) is 160 Å². The summed E-state index contributed by atoms with van der Waals surface area (Å²) in [4.78, 5) is 81.6. The quantitative estimate of drug-likeness (QED) is 0.0251. The van der Waals surface area contributed by atoms with E-state index >= 15 is 0 Å². The highest BCUT2D eigenvalue weighted by Crippen LogP contribution is 2.34. The smallest absolute Gasteiger partial charge is 0.490 e. The van der Waals surface area contributed by atoms with Crippen LogP contribution >= 0.6 is 74.3 Å². The highest BCUT2D eigenvalue weighted by molar-refractivity contribution is 9.08. The standard InChI is InChI=1S/C23H21N3O5S.C15H13N3OS.C14H10ClN3O.C14H11N3OS.C9H11BrO.C8H4Cl2N2.C6H8BNO3/c1-30-19-10-8-15(12-20(19)31-2)13-26-14-16(9-11-21(26)27)22-17-6-4-5-7-18(17)24-23(25-22)32(3,28)29;1-19-13-8-7-10(9-16-13)14-11-5-3-4-6-12(11)17-15(18-14)20-2;1-19-12-7-6-9(8-16-12)13-10-4-2-3-5-11(10)17-14(15)18-13;1-19-14-16-11-5-3-2-4-10(11)13(17-14)9-6-7-12(18)15-8-9;1-7-3-4-8(6-10)5-9(7)11-2;9-7-5-3-1-2-4-6(5)11-8(10)12-7;1-11-6-3-2-5(4-8-6)7(9)10/h4-12,14H,13H2,1-3H3;3-9H,1-2H3;2-8H,1H3;2-8H,1H3,(H,15,18);3-5H,6H2,1-2H3;1-4H;2-4,9-10H,1H3. The van der Waals surface area contributed by atoms with Gasteiger partial charge in [-0.05, 0) is 144 Å². The molecule has 7 aromatic carbocycles. The number of nitrogens with zero attached hydrogens (tertiary/aromatic N) is 14. The number of fused-ring (bicyclic) bond motifs is 5. The number of aromatic nitrogens is 15. The van der Waals surface area contributed by atoms with E-state index in [-0.39, 0.29) is 33.4 Å². The third-order valence-electron chi connectivity index (χ3n) is 18.0. The molecule has 0 aliphatic heterocycles. The molecule has 27 nitrogen and oxygen atoms in total. The van der Waals surface area contributed by atoms with E-state index in [0.717, 1.165) is 111 Å². The zero-order chi connectivity index (χ0) is 88.4. The molecule has 10 heterocycles. The van der Waals surface area contributed by atoms with Crippen molar-refractivity contribution in [2.45, 2.75) is 34.3 Å². The Morgan fingerprint density at radius 1 is 0.444 bits per heavy atom. The molecular weight excluding hydrogens is 1760 g/mol. The minimum atomic E-state index is -3.62. The Morgan fingerprint density at radius 3 is 1.34 bits per heavy atom. The molecule has 17 aromatic rings. The largest absolute Gasteiger partial charge is 0.496 e. The number of benzene rings is 7. The fourth-order valence-corrected chi connectivity index (χ4v) is 14.1. The van der Waals surface area contributed by atoms with E-state index < -0.39 is 17.0 Å². The van der Waals surface area contributed by atoms with E-state index in [9.17, 15) is 18.0 Å². The van der Waals surface area contributed by atoms with Crippen LogP contribution in [0.1, 0.15) is 16.7 Å². The number of sulfone groups is 1. The van der Waals surface area contributed by atoms with Gasteiger partial charge in [0.15, 0.2) is 21.8 Å². The Kier molecular flexibility index (Phi) is 33.0. The number of thioether (sulfide) groups is 2. The third kappa shape index (κ3) is 24.4. The minimum absolute atomic E-state index is 0.118. The number of pyridine rings is 5. The van der Waals surface area contributed by atoms with Crippen LogP contribution in [-0.2, 0) is 21.7 Å². The van der Waals surface area contributed by atoms with Crippen molar-refractivity contribution in [1.82, 2.24) is 74.3 Å². The lowest BCUT2D eigenvalue weighted by Crippen LogP contribution is -2.29. The molecule has 0 amide bonds. The molecule has 3 N–H and O–H groups in total. The van der Waals surface area contributed by atoms with Crippen molar-refractivity contribution >= 4 is 151 Å². The fraction of sp³-hybridized carbons (Fsp3) is 0.135. The van der Waals surface area contributed by atoms with Gasteiger partial charge in [-0.3, -0.25) is 9.59 Å². The van der Waals surface area contributed by atoms with Crippen LogP contribution in [0.5, 0.6) is 34.9 Å². The Hall–Kier alpha value is -12.6. The summed E-state index contributed by atoms with van der Waals surface area (Å²) in [5, 5.41) is 24.7. The summed E-state index contributed by atoms with van der Waals surface area (Å²) in [5.74, 6) is 3.73. The van der Waals surface area contributed by atoms with Crippen LogP contribution in [0.4, 0.5) is 0 Å². The zero-order valence-corrected chi connectivity index (χ0v) is 74.4. The maximum Gasteiger partial charge on any atom is 0.490 e. The van der Waals surface area contributed by atoms with Gasteiger partial charge in [0.05, 0.1) is 99.6 Å². The maximum absolute atomic E-state index is 12.6. The molecule has 0 fully saturated rings. The van der Waals surface area contributed by atoms with Crippen LogP contribution in [-0.4, -0.2) is 161 Å². The summed E-state index contributed by atoms with van der Waals surface area (Å²) >= 11 is 23.8. The number of hydrogen-bond donors (Lipinski definition) is 3. The molecule has 0 spiro atoms. The van der Waals surface area contributed by atoms with Crippen LogP contribution in [0.15, 0.2) is 274 Å². The summed E-state index contributed by atoms with van der Waals surface area (Å²) in [5.41, 5.74) is 13.5. The number of ether oxygens (including phenoxy) is 6. The van der Waals surface area contributed by atoms with Gasteiger partial charge in [0, 0.05) is 121 Å². The van der Waals surface area contributed by atoms with Crippen molar-refractivity contribution < 1.29 is 46.9 Å². The summed E-state index contributed by atoms with van der Waals surface area (Å²) in [6.45, 7) is 2.33. The second-order valence-electron chi connectivity index (χ2n) is 26.1. The van der Waals surface area contributed by atoms with Crippen LogP contribution in [0.25, 0.3) is 99.5 Å². The second kappa shape index (κ2) is 44.4. The minimum Gasteiger partial charge on any atom is -0.496 e. The van der Waals surface area contributed by atoms with Crippen LogP contribution < -0.4 is 45.0 Å². The van der Waals surface area contributed by atoms with Gasteiger partial charge < -0.3 is 48.0 Å². The fourth-order valence-electron chi connectivity index (χ4n) is 11.9.